The van der Waals surface area contributed by atoms with Gasteiger partial charge < -0.3 is 0 Å². The molecule has 2 nitrogen and oxygen atoms in total. The van der Waals surface area contributed by atoms with Crippen molar-refractivity contribution in [3.05, 3.63) is 53.2 Å². The van der Waals surface area contributed by atoms with Crippen molar-refractivity contribution in [3.63, 3.8) is 0 Å². The average Bonchev–Trinajstić information content (AvgIpc) is 2.36. The fourth-order valence-corrected chi connectivity index (χ4v) is 1.69. The Hall–Kier alpha value is -2.28. The number of pyridine rings is 1. The number of nitriles is 1. The lowest BCUT2D eigenvalue weighted by Gasteiger charge is -2.07. The highest BCUT2D eigenvalue weighted by molar-refractivity contribution is 5.61. The summed E-state index contributed by atoms with van der Waals surface area (Å²) < 4.78 is 26.8. The highest BCUT2D eigenvalue weighted by Gasteiger charge is 2.11. The summed E-state index contributed by atoms with van der Waals surface area (Å²) in [7, 11) is 0. The van der Waals surface area contributed by atoms with Crippen molar-refractivity contribution >= 4 is 0 Å². The Kier molecular flexibility index (Phi) is 3.33. The zero-order valence-electron chi connectivity index (χ0n) is 9.74. The van der Waals surface area contributed by atoms with Gasteiger partial charge in [0.15, 0.2) is 11.6 Å². The highest BCUT2D eigenvalue weighted by atomic mass is 19.2. The summed E-state index contributed by atoms with van der Waals surface area (Å²) in [6.45, 7) is 1.82. The first-order valence-electron chi connectivity index (χ1n) is 5.40. The van der Waals surface area contributed by atoms with Gasteiger partial charge in [-0.25, -0.2) is 8.78 Å². The molecule has 0 atom stereocenters. The standard InChI is InChI=1S/C14H10F2N2/c1-9-8-18-13(7-10(9)5-6-17)11-3-2-4-12(15)14(11)16/h2-4,7-8H,5H2,1H3. The number of aryl methyl sites for hydroxylation is 1. The fourth-order valence-electron chi connectivity index (χ4n) is 1.69. The minimum absolute atomic E-state index is 0.106. The van der Waals surface area contributed by atoms with Crippen LogP contribution in [0.2, 0.25) is 0 Å². The Morgan fingerprint density at radius 3 is 2.83 bits per heavy atom. The van der Waals surface area contributed by atoms with Gasteiger partial charge >= 0.3 is 0 Å². The van der Waals surface area contributed by atoms with E-state index in [1.807, 2.05) is 13.0 Å². The molecule has 0 saturated heterocycles. The first kappa shape index (κ1) is 12.2. The Morgan fingerprint density at radius 1 is 1.33 bits per heavy atom. The van der Waals surface area contributed by atoms with E-state index < -0.39 is 11.6 Å². The predicted molar refractivity (Wildman–Crippen MR) is 63.6 cm³/mol. The molecule has 2 rings (SSSR count). The molecule has 1 heterocycles. The van der Waals surface area contributed by atoms with Gasteiger partial charge in [0.05, 0.1) is 18.2 Å². The smallest absolute Gasteiger partial charge is 0.168 e. The maximum absolute atomic E-state index is 13.6. The van der Waals surface area contributed by atoms with E-state index in [2.05, 4.69) is 4.98 Å². The van der Waals surface area contributed by atoms with Crippen LogP contribution < -0.4 is 0 Å². The Balaban J connectivity index is 2.55. The van der Waals surface area contributed by atoms with E-state index in [9.17, 15) is 8.78 Å². The molecule has 0 N–H and O–H groups in total. The van der Waals surface area contributed by atoms with Crippen molar-refractivity contribution < 1.29 is 8.78 Å². The molecule has 0 aliphatic heterocycles. The van der Waals surface area contributed by atoms with Crippen molar-refractivity contribution in [2.24, 2.45) is 0 Å². The van der Waals surface area contributed by atoms with E-state index in [1.54, 1.807) is 12.3 Å². The van der Waals surface area contributed by atoms with E-state index in [1.165, 1.54) is 12.1 Å². The summed E-state index contributed by atoms with van der Waals surface area (Å²) in [5, 5.41) is 8.70. The SMILES string of the molecule is Cc1cnc(-c2cccc(F)c2F)cc1CC#N. The predicted octanol–water partition coefficient (Wildman–Crippen LogP) is 3.40. The van der Waals surface area contributed by atoms with Crippen LogP contribution in [0.5, 0.6) is 0 Å². The van der Waals surface area contributed by atoms with Gasteiger partial charge in [0.2, 0.25) is 0 Å². The average molecular weight is 244 g/mol. The summed E-state index contributed by atoms with van der Waals surface area (Å²) in [5.41, 5.74) is 2.07. The molecule has 0 fully saturated rings. The van der Waals surface area contributed by atoms with E-state index >= 15 is 0 Å². The molecule has 0 saturated carbocycles. The molecule has 1 aromatic heterocycles. The fraction of sp³-hybridized carbons (Fsp3) is 0.143. The summed E-state index contributed by atoms with van der Waals surface area (Å²) >= 11 is 0. The quantitative estimate of drug-likeness (QED) is 0.811. The summed E-state index contributed by atoms with van der Waals surface area (Å²) in [6, 6.07) is 7.61. The molecular weight excluding hydrogens is 234 g/mol. The second kappa shape index (κ2) is 4.92. The third-order valence-electron chi connectivity index (χ3n) is 2.71. The number of halogens is 2. The molecule has 0 aliphatic carbocycles. The zero-order valence-corrected chi connectivity index (χ0v) is 9.74. The summed E-state index contributed by atoms with van der Waals surface area (Å²) in [5.74, 6) is -1.83. The van der Waals surface area contributed by atoms with Crippen molar-refractivity contribution in [3.8, 4) is 17.3 Å². The molecular formula is C14H10F2N2. The maximum atomic E-state index is 13.6. The van der Waals surface area contributed by atoms with Crippen molar-refractivity contribution in [2.45, 2.75) is 13.3 Å². The molecule has 4 heteroatoms. The van der Waals surface area contributed by atoms with Gasteiger partial charge in [-0.05, 0) is 36.2 Å². The molecule has 2 aromatic rings. The monoisotopic (exact) mass is 244 g/mol. The largest absolute Gasteiger partial charge is 0.256 e. The van der Waals surface area contributed by atoms with Gasteiger partial charge in [0, 0.05) is 11.8 Å². The number of aromatic nitrogens is 1. The van der Waals surface area contributed by atoms with Gasteiger partial charge in [-0.15, -0.1) is 0 Å². The first-order valence-corrected chi connectivity index (χ1v) is 5.40. The number of hydrogen-bond donors (Lipinski definition) is 0. The van der Waals surface area contributed by atoms with Crippen molar-refractivity contribution in [1.82, 2.24) is 4.98 Å². The van der Waals surface area contributed by atoms with Gasteiger partial charge in [0.1, 0.15) is 0 Å². The lowest BCUT2D eigenvalue weighted by molar-refractivity contribution is 0.511. The normalized spacial score (nSPS) is 10.1. The third kappa shape index (κ3) is 2.21. The third-order valence-corrected chi connectivity index (χ3v) is 2.71. The zero-order chi connectivity index (χ0) is 13.1. The lowest BCUT2D eigenvalue weighted by atomic mass is 10.0. The summed E-state index contributed by atoms with van der Waals surface area (Å²) in [4.78, 5) is 4.08. The topological polar surface area (TPSA) is 36.7 Å². The Morgan fingerprint density at radius 2 is 2.11 bits per heavy atom. The van der Waals surface area contributed by atoms with Crippen LogP contribution in [0.4, 0.5) is 8.78 Å². The summed E-state index contributed by atoms with van der Waals surface area (Å²) in [6.07, 6.45) is 1.78. The number of rotatable bonds is 2. The highest BCUT2D eigenvalue weighted by Crippen LogP contribution is 2.24. The maximum Gasteiger partial charge on any atom is 0.168 e. The van der Waals surface area contributed by atoms with E-state index in [0.717, 1.165) is 17.2 Å². The Labute approximate surface area is 104 Å². The Bertz CT molecular complexity index is 630. The molecule has 0 amide bonds. The van der Waals surface area contributed by atoms with Crippen molar-refractivity contribution in [2.75, 3.05) is 0 Å². The molecule has 0 unspecified atom stereocenters. The lowest BCUT2D eigenvalue weighted by Crippen LogP contribution is -1.95. The number of hydrogen-bond acceptors (Lipinski definition) is 2. The number of nitrogens with zero attached hydrogens (tertiary/aromatic N) is 2. The molecule has 90 valence electrons. The van der Waals surface area contributed by atoms with Gasteiger partial charge in [-0.3, -0.25) is 4.98 Å². The van der Waals surface area contributed by atoms with Gasteiger partial charge in [-0.2, -0.15) is 5.26 Å². The van der Waals surface area contributed by atoms with Crippen LogP contribution in [-0.4, -0.2) is 4.98 Å². The molecule has 18 heavy (non-hydrogen) atoms. The molecule has 1 aromatic carbocycles. The van der Waals surface area contributed by atoms with Crippen LogP contribution in [0, 0.1) is 29.9 Å². The van der Waals surface area contributed by atoms with E-state index in [0.29, 0.717) is 5.69 Å². The van der Waals surface area contributed by atoms with Crippen LogP contribution in [0.1, 0.15) is 11.1 Å². The first-order chi connectivity index (χ1) is 8.63. The molecule has 0 bridgehead atoms. The van der Waals surface area contributed by atoms with Crippen molar-refractivity contribution in [1.29, 1.82) is 5.26 Å². The minimum Gasteiger partial charge on any atom is -0.256 e. The number of benzene rings is 1. The second-order valence-corrected chi connectivity index (χ2v) is 3.93. The van der Waals surface area contributed by atoms with Crippen LogP contribution in [-0.2, 0) is 6.42 Å². The van der Waals surface area contributed by atoms with Crippen LogP contribution in [0.3, 0.4) is 0 Å². The second-order valence-electron chi connectivity index (χ2n) is 3.93. The molecule has 0 radical (unpaired) electrons. The van der Waals surface area contributed by atoms with E-state index in [-0.39, 0.29) is 12.0 Å². The van der Waals surface area contributed by atoms with Crippen LogP contribution in [0.25, 0.3) is 11.3 Å². The van der Waals surface area contributed by atoms with E-state index in [4.69, 9.17) is 5.26 Å². The molecule has 0 spiro atoms. The van der Waals surface area contributed by atoms with Gasteiger partial charge in [-0.1, -0.05) is 6.07 Å². The van der Waals surface area contributed by atoms with Crippen LogP contribution in [0.15, 0.2) is 30.5 Å². The van der Waals surface area contributed by atoms with Crippen LogP contribution >= 0.6 is 0 Å². The molecule has 0 aliphatic rings. The minimum atomic E-state index is -0.920. The van der Waals surface area contributed by atoms with Gasteiger partial charge in [0.25, 0.3) is 0 Å².